The molecule has 4 atom stereocenters. The third kappa shape index (κ3) is 1.80. The van der Waals surface area contributed by atoms with E-state index in [0.717, 1.165) is 31.7 Å². The van der Waals surface area contributed by atoms with Gasteiger partial charge < -0.3 is 9.47 Å². The zero-order valence-corrected chi connectivity index (χ0v) is 15.1. The number of benzene rings is 2. The van der Waals surface area contributed by atoms with Crippen LogP contribution < -0.4 is 4.74 Å². The Morgan fingerprint density at radius 2 is 1.81 bits per heavy atom. The van der Waals surface area contributed by atoms with Crippen molar-refractivity contribution in [2.75, 3.05) is 13.2 Å². The molecule has 0 aromatic heterocycles. The number of rotatable bonds is 1. The molecule has 26 heavy (non-hydrogen) atoms. The van der Waals surface area contributed by atoms with E-state index >= 15 is 0 Å². The van der Waals surface area contributed by atoms with E-state index in [1.165, 1.54) is 30.4 Å². The average Bonchev–Trinajstić information content (AvgIpc) is 3.15. The molecule has 0 amide bonds. The van der Waals surface area contributed by atoms with Crippen LogP contribution in [-0.4, -0.2) is 23.8 Å². The highest BCUT2D eigenvalue weighted by Gasteiger charge is 2.67. The molecule has 3 nitrogen and oxygen atoms in total. The van der Waals surface area contributed by atoms with Gasteiger partial charge in [0.1, 0.15) is 5.75 Å². The molecule has 0 unspecified atom stereocenters. The minimum Gasteiger partial charge on any atom is -0.472 e. The topological polar surface area (TPSA) is 21.7 Å². The molecule has 134 valence electrons. The zero-order valence-electron chi connectivity index (χ0n) is 15.1. The Morgan fingerprint density at radius 3 is 2.73 bits per heavy atom. The van der Waals surface area contributed by atoms with E-state index in [9.17, 15) is 0 Å². The van der Waals surface area contributed by atoms with Crippen molar-refractivity contribution < 1.29 is 9.47 Å². The molecule has 1 saturated carbocycles. The number of ether oxygens (including phenoxy) is 2. The quantitative estimate of drug-likeness (QED) is 0.750. The summed E-state index contributed by atoms with van der Waals surface area (Å²) in [7, 11) is 0. The molecule has 0 N–H and O–H groups in total. The van der Waals surface area contributed by atoms with Crippen LogP contribution in [0.25, 0.3) is 0 Å². The summed E-state index contributed by atoms with van der Waals surface area (Å²) in [4.78, 5) is 2.60. The van der Waals surface area contributed by atoms with Gasteiger partial charge in [0.05, 0.1) is 6.61 Å². The van der Waals surface area contributed by atoms with Gasteiger partial charge in [-0.25, -0.2) is 4.90 Å². The van der Waals surface area contributed by atoms with Crippen LogP contribution in [0, 0.1) is 5.92 Å². The Hall–Kier alpha value is -1.84. The fraction of sp³-hybridized carbons (Fsp3) is 0.478. The molecular formula is C23H25NO2. The Balaban J connectivity index is 1.59. The lowest BCUT2D eigenvalue weighted by Gasteiger charge is -2.63. The molecule has 1 aliphatic carbocycles. The Bertz CT molecular complexity index is 837. The van der Waals surface area contributed by atoms with Gasteiger partial charge in [0.2, 0.25) is 0 Å². The lowest BCUT2D eigenvalue weighted by molar-refractivity contribution is -0.281. The summed E-state index contributed by atoms with van der Waals surface area (Å²) >= 11 is 0. The minimum absolute atomic E-state index is 0.206. The number of hydrogen-bond acceptors (Lipinski definition) is 3. The van der Waals surface area contributed by atoms with Crippen LogP contribution in [0.4, 0.5) is 0 Å². The Kier molecular flexibility index (Phi) is 3.13. The highest BCUT2D eigenvalue weighted by molar-refractivity contribution is 5.44. The molecule has 2 aromatic carbocycles. The van der Waals surface area contributed by atoms with E-state index in [-0.39, 0.29) is 11.4 Å². The molecule has 0 radical (unpaired) electrons. The fourth-order valence-corrected chi connectivity index (χ4v) is 6.31. The van der Waals surface area contributed by atoms with E-state index in [1.54, 1.807) is 0 Å². The van der Waals surface area contributed by atoms with Gasteiger partial charge in [-0.15, -0.1) is 0 Å². The molecule has 1 spiro atoms. The summed E-state index contributed by atoms with van der Waals surface area (Å²) in [5, 5.41) is 0. The zero-order chi connectivity index (χ0) is 17.2. The summed E-state index contributed by atoms with van der Waals surface area (Å²) in [5.74, 6) is 2.06. The third-order valence-electron chi connectivity index (χ3n) is 7.23. The molecule has 4 aliphatic rings. The molecular weight excluding hydrogens is 322 g/mol. The number of hydrogen-bond donors (Lipinski definition) is 0. The number of nitrogens with zero attached hydrogens (tertiary/aromatic N) is 1. The molecule has 2 saturated heterocycles. The molecule has 3 fully saturated rings. The normalized spacial score (nSPS) is 38.0. The van der Waals surface area contributed by atoms with Crippen LogP contribution in [0.1, 0.15) is 49.1 Å². The second-order valence-electron chi connectivity index (χ2n) is 8.30. The third-order valence-corrected chi connectivity index (χ3v) is 7.23. The smallest absolute Gasteiger partial charge is 0.169 e. The lowest BCUT2D eigenvalue weighted by atomic mass is 9.62. The molecule has 2 aromatic rings. The first kappa shape index (κ1) is 15.2. The van der Waals surface area contributed by atoms with Crippen molar-refractivity contribution in [3.8, 4) is 5.75 Å². The first-order valence-electron chi connectivity index (χ1n) is 10.1. The summed E-state index contributed by atoms with van der Waals surface area (Å²) in [6, 6.07) is 19.7. The standard InChI is InChI=1S/C23H25NO2/c1-2-8-17(9-3-1)18-16-23-20-11-4-5-12-21(20)26-22(24(23)14-15-25-23)13-7-6-10-19(18)22/h1-5,8-9,11-12,18-19H,6-7,10,13-16H2/t18-,19-,22-,23-/m1/s1. The van der Waals surface area contributed by atoms with Crippen LogP contribution >= 0.6 is 0 Å². The molecule has 2 bridgehead atoms. The molecule has 3 heterocycles. The van der Waals surface area contributed by atoms with Crippen molar-refractivity contribution in [1.82, 2.24) is 4.90 Å². The molecule has 3 heteroatoms. The largest absolute Gasteiger partial charge is 0.472 e. The minimum atomic E-state index is -0.316. The molecule has 6 rings (SSSR count). The van der Waals surface area contributed by atoms with Crippen molar-refractivity contribution in [2.24, 2.45) is 5.92 Å². The number of piperidine rings is 1. The van der Waals surface area contributed by atoms with E-state index < -0.39 is 0 Å². The maximum absolute atomic E-state index is 6.90. The van der Waals surface area contributed by atoms with Crippen LogP contribution in [0.3, 0.4) is 0 Å². The van der Waals surface area contributed by atoms with E-state index in [1.807, 2.05) is 0 Å². The monoisotopic (exact) mass is 347 g/mol. The predicted octanol–water partition coefficient (Wildman–Crippen LogP) is 4.64. The van der Waals surface area contributed by atoms with Crippen molar-refractivity contribution in [3.05, 3.63) is 65.7 Å². The second-order valence-corrected chi connectivity index (χ2v) is 8.30. The summed E-state index contributed by atoms with van der Waals surface area (Å²) in [6.45, 7) is 1.78. The van der Waals surface area contributed by atoms with Gasteiger partial charge in [0.15, 0.2) is 11.4 Å². The van der Waals surface area contributed by atoms with Crippen LogP contribution in [0.5, 0.6) is 5.75 Å². The van der Waals surface area contributed by atoms with Crippen molar-refractivity contribution in [1.29, 1.82) is 0 Å². The van der Waals surface area contributed by atoms with E-state index in [4.69, 9.17) is 9.47 Å². The van der Waals surface area contributed by atoms with Gasteiger partial charge in [0.25, 0.3) is 0 Å². The SMILES string of the molecule is c1ccc([C@H]2C[C@]34OCCN3[C@]3(CCCC[C@H]23)Oc2ccccc24)cc1. The van der Waals surface area contributed by atoms with Crippen molar-refractivity contribution >= 4 is 0 Å². The number of fused-ring (bicyclic) bond motifs is 1. The summed E-state index contributed by atoms with van der Waals surface area (Å²) < 4.78 is 13.5. The predicted molar refractivity (Wildman–Crippen MR) is 99.9 cm³/mol. The molecule has 3 aliphatic heterocycles. The maximum atomic E-state index is 6.90. The van der Waals surface area contributed by atoms with Crippen LogP contribution in [-0.2, 0) is 10.5 Å². The highest BCUT2D eigenvalue weighted by atomic mass is 16.6. The van der Waals surface area contributed by atoms with Gasteiger partial charge in [0, 0.05) is 30.9 Å². The van der Waals surface area contributed by atoms with Crippen molar-refractivity contribution in [2.45, 2.75) is 49.5 Å². The maximum Gasteiger partial charge on any atom is 0.169 e. The number of para-hydroxylation sites is 1. The highest BCUT2D eigenvalue weighted by Crippen LogP contribution is 2.64. The summed E-state index contributed by atoms with van der Waals surface area (Å²) in [5.41, 5.74) is 2.15. The fourth-order valence-electron chi connectivity index (χ4n) is 6.31. The van der Waals surface area contributed by atoms with Gasteiger partial charge in [-0.2, -0.15) is 0 Å². The second kappa shape index (κ2) is 5.34. The summed E-state index contributed by atoms with van der Waals surface area (Å²) in [6.07, 6.45) is 5.94. The first-order chi connectivity index (χ1) is 12.8. The average molecular weight is 347 g/mol. The Morgan fingerprint density at radius 1 is 0.962 bits per heavy atom. The van der Waals surface area contributed by atoms with Crippen LogP contribution in [0.2, 0.25) is 0 Å². The Labute approximate surface area is 154 Å². The van der Waals surface area contributed by atoms with Gasteiger partial charge >= 0.3 is 0 Å². The van der Waals surface area contributed by atoms with Gasteiger partial charge in [-0.1, -0.05) is 55.0 Å². The van der Waals surface area contributed by atoms with Gasteiger partial charge in [-0.05, 0) is 30.4 Å². The van der Waals surface area contributed by atoms with Crippen molar-refractivity contribution in [3.63, 3.8) is 0 Å². The van der Waals surface area contributed by atoms with Crippen LogP contribution in [0.15, 0.2) is 54.6 Å². The van der Waals surface area contributed by atoms with E-state index in [2.05, 4.69) is 59.5 Å². The lowest BCUT2D eigenvalue weighted by Crippen LogP contribution is -2.71. The first-order valence-corrected chi connectivity index (χ1v) is 10.1. The van der Waals surface area contributed by atoms with E-state index in [0.29, 0.717) is 11.8 Å². The van der Waals surface area contributed by atoms with Gasteiger partial charge in [-0.3, -0.25) is 0 Å².